The Bertz CT molecular complexity index is 1260. The van der Waals surface area contributed by atoms with Crippen molar-refractivity contribution in [1.82, 2.24) is 19.7 Å². The lowest BCUT2D eigenvalue weighted by Gasteiger charge is -2.12. The Labute approximate surface area is 181 Å². The number of anilines is 1. The van der Waals surface area contributed by atoms with Crippen molar-refractivity contribution in [2.45, 2.75) is 20.5 Å². The number of para-hydroxylation sites is 2. The fourth-order valence-electron chi connectivity index (χ4n) is 3.29. The Hall–Kier alpha value is -4.08. The molecule has 1 N–H and O–H groups in total. The lowest BCUT2D eigenvalue weighted by molar-refractivity contribution is -0.118. The first-order valence-corrected chi connectivity index (χ1v) is 9.64. The second-order valence-corrected chi connectivity index (χ2v) is 7.03. The molecule has 164 valence electrons. The van der Waals surface area contributed by atoms with Crippen LogP contribution < -0.4 is 14.8 Å². The number of nitrogens with zero attached hydrogens (tertiary/aromatic N) is 4. The zero-order chi connectivity index (χ0) is 22.7. The zero-order valence-electron chi connectivity index (χ0n) is 17.3. The Balaban J connectivity index is 1.51. The number of carbonyl (C=O) groups is 1. The number of carbonyl (C=O) groups excluding carboxylic acids is 1. The predicted octanol–water partition coefficient (Wildman–Crippen LogP) is 4.05. The van der Waals surface area contributed by atoms with Crippen LogP contribution in [0.3, 0.4) is 0 Å². The molecule has 0 aliphatic heterocycles. The molecule has 0 unspecified atom stereocenters. The lowest BCUT2D eigenvalue weighted by atomic mass is 10.1. The van der Waals surface area contributed by atoms with Gasteiger partial charge in [-0.3, -0.25) is 4.79 Å². The van der Waals surface area contributed by atoms with Gasteiger partial charge in [0.05, 0.1) is 17.6 Å². The molecule has 0 saturated heterocycles. The monoisotopic (exact) mass is 439 g/mol. The van der Waals surface area contributed by atoms with Crippen molar-refractivity contribution < 1.29 is 23.0 Å². The van der Waals surface area contributed by atoms with Gasteiger partial charge < -0.3 is 14.8 Å². The highest BCUT2D eigenvalue weighted by Crippen LogP contribution is 2.26. The number of nitrogens with one attached hydrogen (secondary N) is 1. The molecule has 0 fully saturated rings. The van der Waals surface area contributed by atoms with Gasteiger partial charge in [-0.15, -0.1) is 0 Å². The maximum Gasteiger partial charge on any atom is 0.387 e. The van der Waals surface area contributed by atoms with Crippen LogP contribution >= 0.6 is 0 Å². The number of hydrogen-bond acceptors (Lipinski definition) is 6. The lowest BCUT2D eigenvalue weighted by Crippen LogP contribution is -2.21. The molecular formula is C22H19F2N5O3. The van der Waals surface area contributed by atoms with E-state index in [0.717, 1.165) is 16.8 Å². The quantitative estimate of drug-likeness (QED) is 0.467. The predicted molar refractivity (Wildman–Crippen MR) is 113 cm³/mol. The summed E-state index contributed by atoms with van der Waals surface area (Å²) >= 11 is 0. The molecule has 8 nitrogen and oxygen atoms in total. The maximum absolute atomic E-state index is 12.5. The summed E-state index contributed by atoms with van der Waals surface area (Å²) in [4.78, 5) is 20.7. The van der Waals surface area contributed by atoms with Gasteiger partial charge in [0.25, 0.3) is 5.91 Å². The number of halogens is 2. The standard InChI is InChI=1S/C22H19F2N5O3/c1-13-7-14(2)9-15(8-13)29-20-16(10-27-29)21(26-12-25-20)31-11-19(30)28-17-5-3-4-6-18(17)32-22(23)24/h3-10,12,22H,11H2,1-2H3,(H,28,30). The van der Waals surface area contributed by atoms with Gasteiger partial charge in [0, 0.05) is 0 Å². The number of hydrogen-bond donors (Lipinski definition) is 1. The number of fused-ring (bicyclic) bond motifs is 1. The summed E-state index contributed by atoms with van der Waals surface area (Å²) in [5, 5.41) is 7.41. The van der Waals surface area contributed by atoms with Crippen molar-refractivity contribution in [2.24, 2.45) is 0 Å². The van der Waals surface area contributed by atoms with Crippen LogP contribution in [0.15, 0.2) is 55.0 Å². The van der Waals surface area contributed by atoms with Gasteiger partial charge in [-0.2, -0.15) is 13.9 Å². The van der Waals surface area contributed by atoms with Crippen LogP contribution in [0.25, 0.3) is 16.7 Å². The maximum atomic E-state index is 12.5. The summed E-state index contributed by atoms with van der Waals surface area (Å²) in [5.74, 6) is -0.531. The summed E-state index contributed by atoms with van der Waals surface area (Å²) in [5.41, 5.74) is 3.65. The van der Waals surface area contributed by atoms with Crippen LogP contribution in [-0.2, 0) is 4.79 Å². The third-order valence-corrected chi connectivity index (χ3v) is 4.50. The van der Waals surface area contributed by atoms with Crippen LogP contribution in [0.5, 0.6) is 11.6 Å². The summed E-state index contributed by atoms with van der Waals surface area (Å²) in [6.45, 7) is 0.584. The second-order valence-electron chi connectivity index (χ2n) is 7.03. The molecular weight excluding hydrogens is 420 g/mol. The fourth-order valence-corrected chi connectivity index (χ4v) is 3.29. The highest BCUT2D eigenvalue weighted by molar-refractivity contribution is 5.93. The van der Waals surface area contributed by atoms with Gasteiger partial charge in [-0.25, -0.2) is 14.6 Å². The average molecular weight is 439 g/mol. The van der Waals surface area contributed by atoms with Crippen molar-refractivity contribution in [2.75, 3.05) is 11.9 Å². The number of aryl methyl sites for hydroxylation is 2. The van der Waals surface area contributed by atoms with Crippen molar-refractivity contribution in [3.63, 3.8) is 0 Å². The van der Waals surface area contributed by atoms with Gasteiger partial charge in [0.15, 0.2) is 12.3 Å². The molecule has 0 bridgehead atoms. The summed E-state index contributed by atoms with van der Waals surface area (Å²) in [6.07, 6.45) is 2.88. The van der Waals surface area contributed by atoms with Crippen molar-refractivity contribution >= 4 is 22.6 Å². The van der Waals surface area contributed by atoms with E-state index in [9.17, 15) is 13.6 Å². The largest absolute Gasteiger partial charge is 0.467 e. The molecule has 4 rings (SSSR count). The van der Waals surface area contributed by atoms with E-state index in [1.54, 1.807) is 16.9 Å². The minimum atomic E-state index is -3.01. The molecule has 0 atom stereocenters. The van der Waals surface area contributed by atoms with Gasteiger partial charge in [-0.1, -0.05) is 18.2 Å². The van der Waals surface area contributed by atoms with E-state index >= 15 is 0 Å². The Morgan fingerprint density at radius 2 is 1.88 bits per heavy atom. The number of ether oxygens (including phenoxy) is 2. The molecule has 0 saturated carbocycles. The number of aromatic nitrogens is 4. The summed E-state index contributed by atoms with van der Waals surface area (Å²) in [6, 6.07) is 11.9. The Morgan fingerprint density at radius 1 is 1.12 bits per heavy atom. The topological polar surface area (TPSA) is 91.2 Å². The molecule has 0 aliphatic carbocycles. The normalized spacial score (nSPS) is 11.0. The fraction of sp³-hybridized carbons (Fsp3) is 0.182. The molecule has 0 aliphatic rings. The highest BCUT2D eigenvalue weighted by Gasteiger charge is 2.15. The first kappa shape index (κ1) is 21.2. The first-order chi connectivity index (χ1) is 15.4. The van der Waals surface area contributed by atoms with Crippen LogP contribution in [0, 0.1) is 13.8 Å². The minimum Gasteiger partial charge on any atom is -0.467 e. The van der Waals surface area contributed by atoms with E-state index in [4.69, 9.17) is 4.74 Å². The molecule has 32 heavy (non-hydrogen) atoms. The second kappa shape index (κ2) is 8.96. The van der Waals surface area contributed by atoms with Crippen molar-refractivity contribution in [3.8, 4) is 17.3 Å². The average Bonchev–Trinajstić information content (AvgIpc) is 3.17. The molecule has 2 aromatic heterocycles. The molecule has 10 heteroatoms. The third kappa shape index (κ3) is 4.64. The van der Waals surface area contributed by atoms with Gasteiger partial charge >= 0.3 is 6.61 Å². The molecule has 0 spiro atoms. The van der Waals surface area contributed by atoms with Crippen LogP contribution in [0.1, 0.15) is 11.1 Å². The Morgan fingerprint density at radius 3 is 2.62 bits per heavy atom. The summed E-state index contributed by atoms with van der Waals surface area (Å²) < 4.78 is 36.7. The number of alkyl halides is 2. The van der Waals surface area contributed by atoms with Crippen molar-refractivity contribution in [3.05, 3.63) is 66.1 Å². The van der Waals surface area contributed by atoms with Gasteiger partial charge in [0.2, 0.25) is 5.88 Å². The minimum absolute atomic E-state index is 0.108. The van der Waals surface area contributed by atoms with Crippen LogP contribution in [-0.4, -0.2) is 38.9 Å². The molecule has 0 radical (unpaired) electrons. The van der Waals surface area contributed by atoms with E-state index in [2.05, 4.69) is 31.2 Å². The van der Waals surface area contributed by atoms with Gasteiger partial charge in [-0.05, 0) is 49.2 Å². The SMILES string of the molecule is Cc1cc(C)cc(-n2ncc3c(OCC(=O)Nc4ccccc4OC(F)F)ncnc32)c1. The van der Waals surface area contributed by atoms with E-state index in [1.165, 1.54) is 24.5 Å². The summed E-state index contributed by atoms with van der Waals surface area (Å²) in [7, 11) is 0. The van der Waals surface area contributed by atoms with E-state index in [-0.39, 0.29) is 17.3 Å². The third-order valence-electron chi connectivity index (χ3n) is 4.50. The van der Waals surface area contributed by atoms with Gasteiger partial charge in [0.1, 0.15) is 17.5 Å². The van der Waals surface area contributed by atoms with E-state index in [0.29, 0.717) is 11.0 Å². The van der Waals surface area contributed by atoms with E-state index < -0.39 is 19.1 Å². The number of rotatable bonds is 7. The first-order valence-electron chi connectivity index (χ1n) is 9.64. The molecule has 2 heterocycles. The number of benzene rings is 2. The molecule has 1 amide bonds. The van der Waals surface area contributed by atoms with E-state index in [1.807, 2.05) is 26.0 Å². The van der Waals surface area contributed by atoms with Crippen LogP contribution in [0.2, 0.25) is 0 Å². The van der Waals surface area contributed by atoms with Crippen molar-refractivity contribution in [1.29, 1.82) is 0 Å². The smallest absolute Gasteiger partial charge is 0.387 e. The number of amides is 1. The zero-order valence-corrected chi connectivity index (χ0v) is 17.3. The molecule has 2 aromatic carbocycles. The van der Waals surface area contributed by atoms with Crippen LogP contribution in [0.4, 0.5) is 14.5 Å². The molecule has 4 aromatic rings. The Kier molecular flexibility index (Phi) is 5.93. The highest BCUT2D eigenvalue weighted by atomic mass is 19.3.